The third kappa shape index (κ3) is 7.11. The van der Waals surface area contributed by atoms with E-state index >= 15 is 0 Å². The van der Waals surface area contributed by atoms with Crippen molar-refractivity contribution < 1.29 is 23.0 Å². The summed E-state index contributed by atoms with van der Waals surface area (Å²) in [4.78, 5) is 12.4. The Hall–Kier alpha value is -2.78. The topological polar surface area (TPSA) is 59.3 Å². The van der Waals surface area contributed by atoms with Crippen LogP contribution in [0.15, 0.2) is 36.4 Å². The maximum absolute atomic E-state index is 14.0. The van der Waals surface area contributed by atoms with Gasteiger partial charge in [-0.15, -0.1) is 0 Å². The van der Waals surface area contributed by atoms with E-state index in [0.717, 1.165) is 56.4 Å². The number of nitrogens with zero attached hydrogens (tertiary/aromatic N) is 1. The molecule has 0 aliphatic heterocycles. The van der Waals surface area contributed by atoms with Gasteiger partial charge in [0, 0.05) is 6.61 Å². The Morgan fingerprint density at radius 1 is 0.941 bits per heavy atom. The molecule has 4 nitrogen and oxygen atoms in total. The predicted molar refractivity (Wildman–Crippen MR) is 127 cm³/mol. The zero-order valence-corrected chi connectivity index (χ0v) is 19.8. The van der Waals surface area contributed by atoms with E-state index in [1.165, 1.54) is 32.1 Å². The molecule has 6 heteroatoms. The van der Waals surface area contributed by atoms with Crippen LogP contribution in [-0.4, -0.2) is 18.7 Å². The molecule has 0 saturated heterocycles. The number of hydrogen-bond donors (Lipinski definition) is 0. The van der Waals surface area contributed by atoms with Crippen LogP contribution in [0.25, 0.3) is 0 Å². The highest BCUT2D eigenvalue weighted by atomic mass is 19.2. The number of carbonyl (C=O) groups excluding carboxylic acids is 1. The number of halogens is 2. The molecule has 0 aromatic heterocycles. The first-order valence-electron chi connectivity index (χ1n) is 12.3. The zero-order chi connectivity index (χ0) is 24.3. The first-order chi connectivity index (χ1) is 16.5. The molecule has 0 heterocycles. The van der Waals surface area contributed by atoms with Gasteiger partial charge in [0.2, 0.25) is 5.82 Å². The smallest absolute Gasteiger partial charge is 0.343 e. The summed E-state index contributed by atoms with van der Waals surface area (Å²) in [5, 5.41) is 8.75. The van der Waals surface area contributed by atoms with Crippen LogP contribution in [0.4, 0.5) is 8.78 Å². The lowest BCUT2D eigenvalue weighted by molar-refractivity contribution is 0.0226. The molecule has 1 fully saturated rings. The monoisotopic (exact) mass is 469 g/mol. The Balaban J connectivity index is 1.44. The van der Waals surface area contributed by atoms with E-state index in [2.05, 4.69) is 6.92 Å². The Morgan fingerprint density at radius 2 is 1.62 bits per heavy atom. The van der Waals surface area contributed by atoms with Crippen LogP contribution in [0.2, 0.25) is 0 Å². The minimum atomic E-state index is -1.35. The van der Waals surface area contributed by atoms with Crippen molar-refractivity contribution in [2.45, 2.75) is 83.2 Å². The van der Waals surface area contributed by atoms with Crippen molar-refractivity contribution in [3.63, 3.8) is 0 Å². The second-order valence-corrected chi connectivity index (χ2v) is 8.97. The van der Waals surface area contributed by atoms with Gasteiger partial charge in [0.15, 0.2) is 11.6 Å². The first-order valence-corrected chi connectivity index (χ1v) is 12.3. The van der Waals surface area contributed by atoms with Crippen LogP contribution in [0, 0.1) is 23.0 Å². The molecule has 2 aromatic rings. The lowest BCUT2D eigenvalue weighted by Crippen LogP contribution is -2.21. The highest BCUT2D eigenvalue weighted by Crippen LogP contribution is 2.34. The number of benzene rings is 2. The zero-order valence-electron chi connectivity index (χ0n) is 19.8. The van der Waals surface area contributed by atoms with Gasteiger partial charge < -0.3 is 9.47 Å². The van der Waals surface area contributed by atoms with Gasteiger partial charge in [-0.05, 0) is 67.9 Å². The van der Waals surface area contributed by atoms with Gasteiger partial charge in [-0.1, -0.05) is 51.2 Å². The normalized spacial score (nSPS) is 17.8. The molecular formula is C28H33F2NO3. The first kappa shape index (κ1) is 25.8. The van der Waals surface area contributed by atoms with Crippen molar-refractivity contribution in [1.29, 1.82) is 5.26 Å². The molecule has 1 aliphatic rings. The van der Waals surface area contributed by atoms with Crippen molar-refractivity contribution in [2.75, 3.05) is 6.61 Å². The highest BCUT2D eigenvalue weighted by molar-refractivity contribution is 5.91. The average molecular weight is 470 g/mol. The molecule has 0 N–H and O–H groups in total. The molecule has 0 radical (unpaired) electrons. The molecular weight excluding hydrogens is 436 g/mol. The molecule has 1 aliphatic carbocycles. The number of carbonyl (C=O) groups is 1. The molecule has 1 saturated carbocycles. The Bertz CT molecular complexity index is 976. The van der Waals surface area contributed by atoms with E-state index in [1.807, 2.05) is 12.1 Å². The molecule has 0 unspecified atom stereocenters. The molecule has 0 spiro atoms. The summed E-state index contributed by atoms with van der Waals surface area (Å²) in [7, 11) is 0. The van der Waals surface area contributed by atoms with Crippen LogP contribution >= 0.6 is 0 Å². The summed E-state index contributed by atoms with van der Waals surface area (Å²) in [5.41, 5.74) is 0.967. The van der Waals surface area contributed by atoms with Crippen molar-refractivity contribution >= 4 is 5.97 Å². The van der Waals surface area contributed by atoms with E-state index in [4.69, 9.17) is 14.7 Å². The van der Waals surface area contributed by atoms with Crippen LogP contribution in [0.3, 0.4) is 0 Å². The summed E-state index contributed by atoms with van der Waals surface area (Å²) >= 11 is 0. The summed E-state index contributed by atoms with van der Waals surface area (Å²) in [5.74, 6) is -3.57. The summed E-state index contributed by atoms with van der Waals surface area (Å²) in [6.45, 7) is 3.08. The Labute approximate surface area is 200 Å². The third-order valence-electron chi connectivity index (χ3n) is 6.51. The minimum absolute atomic E-state index is 0.254. The van der Waals surface area contributed by atoms with Crippen LogP contribution < -0.4 is 4.74 Å². The lowest BCUT2D eigenvalue weighted by atomic mass is 9.82. The van der Waals surface area contributed by atoms with Gasteiger partial charge in [0.05, 0.1) is 17.2 Å². The van der Waals surface area contributed by atoms with Gasteiger partial charge >= 0.3 is 5.97 Å². The van der Waals surface area contributed by atoms with Crippen LogP contribution in [0.5, 0.6) is 5.75 Å². The van der Waals surface area contributed by atoms with Gasteiger partial charge in [0.1, 0.15) is 6.07 Å². The van der Waals surface area contributed by atoms with E-state index < -0.39 is 28.9 Å². The van der Waals surface area contributed by atoms with Crippen molar-refractivity contribution in [3.8, 4) is 11.8 Å². The molecule has 2 aromatic carbocycles. The average Bonchev–Trinajstić information content (AvgIpc) is 2.87. The quantitative estimate of drug-likeness (QED) is 0.195. The van der Waals surface area contributed by atoms with Gasteiger partial charge in [-0.3, -0.25) is 0 Å². The fraction of sp³-hybridized carbons (Fsp3) is 0.500. The van der Waals surface area contributed by atoms with Crippen LogP contribution in [0.1, 0.15) is 98.5 Å². The molecule has 34 heavy (non-hydrogen) atoms. The molecule has 3 rings (SSSR count). The third-order valence-corrected chi connectivity index (χ3v) is 6.51. The molecule has 0 amide bonds. The van der Waals surface area contributed by atoms with Crippen molar-refractivity contribution in [1.82, 2.24) is 0 Å². The lowest BCUT2D eigenvalue weighted by Gasteiger charge is -2.29. The summed E-state index contributed by atoms with van der Waals surface area (Å²) < 4.78 is 38.8. The minimum Gasteiger partial charge on any atom is -0.420 e. The van der Waals surface area contributed by atoms with E-state index in [-0.39, 0.29) is 5.56 Å². The van der Waals surface area contributed by atoms with Gasteiger partial charge in [-0.2, -0.15) is 9.65 Å². The van der Waals surface area contributed by atoms with Crippen LogP contribution in [-0.2, 0) is 4.74 Å². The highest BCUT2D eigenvalue weighted by Gasteiger charge is 2.23. The van der Waals surface area contributed by atoms with Crippen molar-refractivity contribution in [2.24, 2.45) is 0 Å². The number of nitriles is 1. The van der Waals surface area contributed by atoms with E-state index in [0.29, 0.717) is 12.0 Å². The summed E-state index contributed by atoms with van der Waals surface area (Å²) in [6.07, 6.45) is 12.1. The second-order valence-electron chi connectivity index (χ2n) is 8.97. The number of ether oxygens (including phenoxy) is 2. The predicted octanol–water partition coefficient (Wildman–Crippen LogP) is 7.46. The number of rotatable bonds is 11. The summed E-state index contributed by atoms with van der Waals surface area (Å²) in [6, 6.07) is 10.8. The number of unbranched alkanes of at least 4 members (excludes halogenated alkanes) is 5. The second kappa shape index (κ2) is 13.2. The molecule has 0 bridgehead atoms. The number of esters is 1. The fourth-order valence-electron chi connectivity index (χ4n) is 4.44. The SMILES string of the molecule is CCCCCCCCO[C@H]1CC[C@H](c2ccc(C(=O)Oc3ccc(C#N)c(F)c3F)cc2)CC1. The fourth-order valence-corrected chi connectivity index (χ4v) is 4.44. The molecule has 0 atom stereocenters. The van der Waals surface area contributed by atoms with E-state index in [1.54, 1.807) is 18.2 Å². The Morgan fingerprint density at radius 3 is 2.29 bits per heavy atom. The maximum atomic E-state index is 14.0. The Kier molecular flexibility index (Phi) is 10.0. The standard InChI is InChI=1S/C28H33F2NO3/c1-2-3-4-5-6-7-18-33-24-15-12-21(13-16-24)20-8-10-22(11-9-20)28(32)34-25-17-14-23(19-31)26(29)27(25)30/h8-11,14,17,21,24H,2-7,12-13,15-16,18H2,1H3/t21-,24-. The van der Waals surface area contributed by atoms with E-state index in [9.17, 15) is 13.6 Å². The van der Waals surface area contributed by atoms with Gasteiger partial charge in [-0.25, -0.2) is 9.18 Å². The number of hydrogen-bond acceptors (Lipinski definition) is 4. The largest absolute Gasteiger partial charge is 0.420 e. The molecule has 182 valence electrons. The van der Waals surface area contributed by atoms with Crippen molar-refractivity contribution in [3.05, 3.63) is 64.7 Å². The van der Waals surface area contributed by atoms with Gasteiger partial charge in [0.25, 0.3) is 0 Å². The maximum Gasteiger partial charge on any atom is 0.343 e.